The summed E-state index contributed by atoms with van der Waals surface area (Å²) in [5, 5.41) is 4.60. The first-order chi connectivity index (χ1) is 9.75. The summed E-state index contributed by atoms with van der Waals surface area (Å²) in [7, 11) is -1.31. The van der Waals surface area contributed by atoms with E-state index in [0.29, 0.717) is 0 Å². The molecule has 2 aromatic carbocycles. The molecule has 1 heterocycles. The van der Waals surface area contributed by atoms with Crippen molar-refractivity contribution in [1.82, 2.24) is 0 Å². The molecule has 1 aromatic heterocycles. The zero-order valence-corrected chi connectivity index (χ0v) is 14.4. The molecule has 0 aliphatic carbocycles. The van der Waals surface area contributed by atoms with Crippen molar-refractivity contribution in [2.75, 3.05) is 0 Å². The highest BCUT2D eigenvalue weighted by atomic mass is 32.1. The number of benzene rings is 2. The lowest BCUT2D eigenvalue weighted by Gasteiger charge is -2.29. The molecular weight excluding hydrogens is 276 g/mol. The molecule has 0 atom stereocenters. The van der Waals surface area contributed by atoms with E-state index in [1.807, 2.05) is 11.3 Å². The van der Waals surface area contributed by atoms with Crippen LogP contribution in [0, 0.1) is 0 Å². The maximum atomic E-state index is 2.42. The van der Waals surface area contributed by atoms with Gasteiger partial charge in [0, 0.05) is 20.2 Å². The van der Waals surface area contributed by atoms with Gasteiger partial charge in [-0.05, 0) is 11.3 Å². The lowest BCUT2D eigenvalue weighted by atomic mass is 10.1. The van der Waals surface area contributed by atoms with Gasteiger partial charge in [-0.1, -0.05) is 75.3 Å². The second-order valence-electron chi connectivity index (χ2n) is 5.62. The summed E-state index contributed by atoms with van der Waals surface area (Å²) in [4.78, 5) is 0. The zero-order valence-electron chi connectivity index (χ0n) is 12.6. The third-order valence-corrected chi connectivity index (χ3v) is 12.0. The molecule has 0 spiro atoms. The molecule has 2 heteroatoms. The number of hydrogen-bond acceptors (Lipinski definition) is 1. The van der Waals surface area contributed by atoms with E-state index in [2.05, 4.69) is 63.2 Å². The molecule has 0 N–H and O–H groups in total. The normalized spacial score (nSPS) is 12.3. The maximum absolute atomic E-state index is 2.42. The van der Waals surface area contributed by atoms with Gasteiger partial charge >= 0.3 is 0 Å². The number of hydrogen-bond donors (Lipinski definition) is 0. The lowest BCUT2D eigenvalue weighted by Crippen LogP contribution is -2.45. The van der Waals surface area contributed by atoms with Gasteiger partial charge in [0.25, 0.3) is 0 Å². The van der Waals surface area contributed by atoms with E-state index in [-0.39, 0.29) is 0 Å². The minimum atomic E-state index is -1.31. The molecule has 0 saturated carbocycles. The van der Waals surface area contributed by atoms with Crippen molar-refractivity contribution in [3.05, 3.63) is 42.5 Å². The standard InChI is InChI=1S/C18H22SSi/c1-4-20(5-2,6-3)17-13-9-11-15-14-10-7-8-12-16(14)19-18(15)17/h7-13H,4-6H2,1-3H3. The van der Waals surface area contributed by atoms with E-state index in [9.17, 15) is 0 Å². The van der Waals surface area contributed by atoms with Gasteiger partial charge in [-0.25, -0.2) is 0 Å². The Labute approximate surface area is 126 Å². The molecule has 0 aliphatic rings. The van der Waals surface area contributed by atoms with Gasteiger partial charge in [-0.2, -0.15) is 0 Å². The topological polar surface area (TPSA) is 0 Å². The van der Waals surface area contributed by atoms with Crippen LogP contribution in [0.3, 0.4) is 0 Å². The minimum Gasteiger partial charge on any atom is -0.135 e. The summed E-state index contributed by atoms with van der Waals surface area (Å²) in [5.41, 5.74) is 0. The van der Waals surface area contributed by atoms with Crippen molar-refractivity contribution >= 4 is 44.8 Å². The predicted molar refractivity (Wildman–Crippen MR) is 96.2 cm³/mol. The van der Waals surface area contributed by atoms with Gasteiger partial charge in [0.15, 0.2) is 0 Å². The van der Waals surface area contributed by atoms with Crippen LogP contribution < -0.4 is 5.19 Å². The van der Waals surface area contributed by atoms with Crippen molar-refractivity contribution in [3.63, 3.8) is 0 Å². The van der Waals surface area contributed by atoms with Crippen LogP contribution in [0.15, 0.2) is 42.5 Å². The molecule has 20 heavy (non-hydrogen) atoms. The predicted octanol–water partition coefficient (Wildman–Crippen LogP) is 5.77. The molecule has 3 rings (SSSR count). The molecule has 3 aromatic rings. The first kappa shape index (κ1) is 13.8. The molecular formula is C18H22SSi. The highest BCUT2D eigenvalue weighted by Crippen LogP contribution is 2.35. The maximum Gasteiger partial charge on any atom is 0.0877 e. The summed E-state index contributed by atoms with van der Waals surface area (Å²) in [6.07, 6.45) is 0. The Balaban J connectivity index is 2.37. The van der Waals surface area contributed by atoms with Gasteiger partial charge in [-0.3, -0.25) is 0 Å². The Bertz CT molecular complexity index is 729. The second kappa shape index (κ2) is 5.34. The molecule has 0 saturated heterocycles. The summed E-state index contributed by atoms with van der Waals surface area (Å²) in [6.45, 7) is 7.18. The van der Waals surface area contributed by atoms with E-state index in [4.69, 9.17) is 0 Å². The van der Waals surface area contributed by atoms with Crippen LogP contribution in [-0.4, -0.2) is 8.07 Å². The van der Waals surface area contributed by atoms with E-state index >= 15 is 0 Å². The van der Waals surface area contributed by atoms with E-state index in [1.165, 1.54) is 33.6 Å². The van der Waals surface area contributed by atoms with E-state index < -0.39 is 8.07 Å². The molecule has 0 amide bonds. The molecule has 0 bridgehead atoms. The van der Waals surface area contributed by atoms with Crippen LogP contribution in [0.1, 0.15) is 20.8 Å². The van der Waals surface area contributed by atoms with Gasteiger partial charge < -0.3 is 0 Å². The highest BCUT2D eigenvalue weighted by Gasteiger charge is 2.31. The number of fused-ring (bicyclic) bond motifs is 3. The quantitative estimate of drug-likeness (QED) is 0.536. The minimum absolute atomic E-state index is 1.31. The van der Waals surface area contributed by atoms with Crippen LogP contribution in [0.25, 0.3) is 20.2 Å². The van der Waals surface area contributed by atoms with Gasteiger partial charge in [0.05, 0.1) is 8.07 Å². The fraction of sp³-hybridized carbons (Fsp3) is 0.333. The average Bonchev–Trinajstić information content (AvgIpc) is 2.89. The molecule has 0 radical (unpaired) electrons. The number of thiophene rings is 1. The fourth-order valence-electron chi connectivity index (χ4n) is 3.49. The monoisotopic (exact) mass is 298 g/mol. The molecule has 0 nitrogen and oxygen atoms in total. The average molecular weight is 299 g/mol. The van der Waals surface area contributed by atoms with Crippen molar-refractivity contribution in [2.24, 2.45) is 0 Å². The molecule has 0 unspecified atom stereocenters. The summed E-state index contributed by atoms with van der Waals surface area (Å²) < 4.78 is 2.99. The Hall–Kier alpha value is -1.12. The zero-order chi connectivity index (χ0) is 14.2. The van der Waals surface area contributed by atoms with Crippen LogP contribution in [0.5, 0.6) is 0 Å². The smallest absolute Gasteiger partial charge is 0.0877 e. The Morgan fingerprint density at radius 3 is 2.15 bits per heavy atom. The number of rotatable bonds is 4. The first-order valence-electron chi connectivity index (χ1n) is 7.66. The Kier molecular flexibility index (Phi) is 3.70. The van der Waals surface area contributed by atoms with Crippen LogP contribution >= 0.6 is 11.3 Å². The van der Waals surface area contributed by atoms with Crippen LogP contribution in [0.2, 0.25) is 18.1 Å². The molecule has 104 valence electrons. The summed E-state index contributed by atoms with van der Waals surface area (Å²) in [6, 6.07) is 19.9. The van der Waals surface area contributed by atoms with Gasteiger partial charge in [0.2, 0.25) is 0 Å². The SMILES string of the molecule is CC[Si](CC)(CC)c1cccc2c1sc1ccccc12. The third-order valence-electron chi connectivity index (χ3n) is 5.01. The van der Waals surface area contributed by atoms with Crippen LogP contribution in [0.4, 0.5) is 0 Å². The summed E-state index contributed by atoms with van der Waals surface area (Å²) in [5.74, 6) is 0. The molecule has 0 fully saturated rings. The van der Waals surface area contributed by atoms with Crippen molar-refractivity contribution in [2.45, 2.75) is 38.9 Å². The van der Waals surface area contributed by atoms with Crippen molar-refractivity contribution in [3.8, 4) is 0 Å². The second-order valence-corrected chi connectivity index (χ2v) is 11.9. The fourth-order valence-corrected chi connectivity index (χ4v) is 9.12. The Morgan fingerprint density at radius 1 is 0.800 bits per heavy atom. The van der Waals surface area contributed by atoms with Crippen molar-refractivity contribution in [1.29, 1.82) is 0 Å². The summed E-state index contributed by atoms with van der Waals surface area (Å²) >= 11 is 2.00. The van der Waals surface area contributed by atoms with Crippen LogP contribution in [-0.2, 0) is 0 Å². The molecule has 0 aliphatic heterocycles. The lowest BCUT2D eigenvalue weighted by molar-refractivity contribution is 1.20. The largest absolute Gasteiger partial charge is 0.135 e. The van der Waals surface area contributed by atoms with Crippen molar-refractivity contribution < 1.29 is 0 Å². The Morgan fingerprint density at radius 2 is 1.45 bits per heavy atom. The van der Waals surface area contributed by atoms with Gasteiger partial charge in [0.1, 0.15) is 0 Å². The third kappa shape index (κ3) is 1.94. The van der Waals surface area contributed by atoms with E-state index in [0.717, 1.165) is 0 Å². The first-order valence-corrected chi connectivity index (χ1v) is 11.1. The highest BCUT2D eigenvalue weighted by molar-refractivity contribution is 7.27. The van der Waals surface area contributed by atoms with Gasteiger partial charge in [-0.15, -0.1) is 11.3 Å². The van der Waals surface area contributed by atoms with E-state index in [1.54, 1.807) is 9.89 Å².